The Morgan fingerprint density at radius 2 is 1.51 bits per heavy atom. The minimum absolute atomic E-state index is 0.0391. The van der Waals surface area contributed by atoms with Gasteiger partial charge in [-0.2, -0.15) is 12.6 Å². The molecule has 0 radical (unpaired) electrons. The molecule has 4 atom stereocenters. The molecule has 3 amide bonds. The molecule has 3 aromatic rings. The molecule has 0 saturated heterocycles. The SMILES string of the molecule is CC(NC(=O)C(Cc1ccccc1)NC(=O)C(CS)NC(=O)C(N)Cc1c[nH]c2ccccc12)C(=O)O. The van der Waals surface area contributed by atoms with E-state index in [1.165, 1.54) is 6.92 Å². The number of hydrogen-bond donors (Lipinski definition) is 7. The molecule has 0 aliphatic rings. The van der Waals surface area contributed by atoms with E-state index in [9.17, 15) is 19.2 Å². The number of aliphatic carboxylic acids is 1. The molecule has 0 saturated carbocycles. The summed E-state index contributed by atoms with van der Waals surface area (Å²) in [5.74, 6) is -3.08. The molecular formula is C26H31N5O5S. The summed E-state index contributed by atoms with van der Waals surface area (Å²) in [5.41, 5.74) is 8.70. The highest BCUT2D eigenvalue weighted by molar-refractivity contribution is 7.80. The third-order valence-corrected chi connectivity index (χ3v) is 6.28. The lowest BCUT2D eigenvalue weighted by Crippen LogP contribution is -2.58. The third-order valence-electron chi connectivity index (χ3n) is 5.91. The van der Waals surface area contributed by atoms with E-state index < -0.39 is 47.9 Å². The van der Waals surface area contributed by atoms with Crippen LogP contribution in [0, 0.1) is 0 Å². The number of nitrogens with two attached hydrogens (primary N) is 1. The van der Waals surface area contributed by atoms with E-state index in [2.05, 4.69) is 33.6 Å². The van der Waals surface area contributed by atoms with Crippen LogP contribution in [0.4, 0.5) is 0 Å². The quantitative estimate of drug-likeness (QED) is 0.173. The first kappa shape index (κ1) is 27.8. The van der Waals surface area contributed by atoms with E-state index in [-0.39, 0.29) is 18.6 Å². The van der Waals surface area contributed by atoms with E-state index in [1.807, 2.05) is 30.3 Å². The first-order valence-corrected chi connectivity index (χ1v) is 12.4. The van der Waals surface area contributed by atoms with Crippen molar-refractivity contribution in [2.24, 2.45) is 5.73 Å². The molecule has 11 heteroatoms. The smallest absolute Gasteiger partial charge is 0.325 e. The van der Waals surface area contributed by atoms with Crippen LogP contribution >= 0.6 is 12.6 Å². The van der Waals surface area contributed by atoms with Crippen LogP contribution in [-0.2, 0) is 32.0 Å². The Hall–Kier alpha value is -3.83. The second-order valence-electron chi connectivity index (χ2n) is 8.73. The summed E-state index contributed by atoms with van der Waals surface area (Å²) >= 11 is 4.19. The fourth-order valence-electron chi connectivity index (χ4n) is 3.81. The normalized spacial score (nSPS) is 14.2. The van der Waals surface area contributed by atoms with E-state index in [0.29, 0.717) is 0 Å². The molecule has 0 aliphatic heterocycles. The summed E-state index contributed by atoms with van der Waals surface area (Å²) in [6, 6.07) is 12.4. The summed E-state index contributed by atoms with van der Waals surface area (Å²) in [6.45, 7) is 1.33. The standard InChI is InChI=1S/C26H31N5O5S/c1-15(26(35)36)29-24(33)21(11-16-7-3-2-4-8-16)30-25(34)22(14-37)31-23(32)19(27)12-17-13-28-20-10-6-5-9-18(17)20/h2-10,13,15,19,21-22,28,37H,11-12,14,27H2,1H3,(H,29,33)(H,30,34)(H,31,32)(H,35,36). The number of aromatic nitrogens is 1. The van der Waals surface area contributed by atoms with E-state index in [1.54, 1.807) is 30.5 Å². The maximum atomic E-state index is 13.0. The van der Waals surface area contributed by atoms with Crippen molar-refractivity contribution < 1.29 is 24.3 Å². The number of hydrogen-bond acceptors (Lipinski definition) is 6. The van der Waals surface area contributed by atoms with Crippen molar-refractivity contribution in [2.75, 3.05) is 5.75 Å². The Morgan fingerprint density at radius 1 is 0.892 bits per heavy atom. The summed E-state index contributed by atoms with van der Waals surface area (Å²) < 4.78 is 0. The predicted molar refractivity (Wildman–Crippen MR) is 143 cm³/mol. The van der Waals surface area contributed by atoms with Gasteiger partial charge in [0, 0.05) is 29.3 Å². The maximum absolute atomic E-state index is 13.0. The molecule has 196 valence electrons. The number of carbonyl (C=O) groups excluding carboxylic acids is 3. The van der Waals surface area contributed by atoms with Crippen molar-refractivity contribution in [1.29, 1.82) is 0 Å². The average molecular weight is 526 g/mol. The predicted octanol–water partition coefficient (Wildman–Crippen LogP) is 0.769. The molecule has 10 nitrogen and oxygen atoms in total. The maximum Gasteiger partial charge on any atom is 0.325 e. The van der Waals surface area contributed by atoms with Gasteiger partial charge < -0.3 is 31.8 Å². The van der Waals surface area contributed by atoms with Crippen LogP contribution in [0.3, 0.4) is 0 Å². The van der Waals surface area contributed by atoms with Crippen LogP contribution in [0.15, 0.2) is 60.8 Å². The molecule has 0 spiro atoms. The van der Waals surface area contributed by atoms with Crippen molar-refractivity contribution in [3.63, 3.8) is 0 Å². The Balaban J connectivity index is 1.66. The van der Waals surface area contributed by atoms with Crippen LogP contribution in [0.5, 0.6) is 0 Å². The van der Waals surface area contributed by atoms with Gasteiger partial charge >= 0.3 is 5.97 Å². The molecule has 3 rings (SSSR count). The molecule has 7 N–H and O–H groups in total. The van der Waals surface area contributed by atoms with Gasteiger partial charge in [0.25, 0.3) is 0 Å². The van der Waals surface area contributed by atoms with Gasteiger partial charge in [-0.05, 0) is 30.5 Å². The van der Waals surface area contributed by atoms with Crippen LogP contribution in [0.1, 0.15) is 18.1 Å². The third kappa shape index (κ3) is 7.58. The van der Waals surface area contributed by atoms with Crippen LogP contribution in [0.2, 0.25) is 0 Å². The van der Waals surface area contributed by atoms with Crippen molar-refractivity contribution in [3.05, 3.63) is 71.9 Å². The summed E-state index contributed by atoms with van der Waals surface area (Å²) in [7, 11) is 0. The molecular weight excluding hydrogens is 494 g/mol. The number of carbonyl (C=O) groups is 4. The zero-order valence-electron chi connectivity index (χ0n) is 20.3. The Bertz CT molecular complexity index is 1250. The lowest BCUT2D eigenvalue weighted by molar-refractivity contribution is -0.141. The Labute approximate surface area is 219 Å². The second kappa shape index (κ2) is 12.9. The lowest BCUT2D eigenvalue weighted by Gasteiger charge is -2.24. The number of aromatic amines is 1. The summed E-state index contributed by atoms with van der Waals surface area (Å²) in [5, 5.41) is 17.7. The number of rotatable bonds is 12. The Kier molecular flexibility index (Phi) is 9.70. The number of amides is 3. The highest BCUT2D eigenvalue weighted by Gasteiger charge is 2.29. The van der Waals surface area contributed by atoms with Gasteiger partial charge in [-0.1, -0.05) is 48.5 Å². The van der Waals surface area contributed by atoms with Gasteiger partial charge in [0.05, 0.1) is 6.04 Å². The topological polar surface area (TPSA) is 166 Å². The van der Waals surface area contributed by atoms with Crippen LogP contribution < -0.4 is 21.7 Å². The molecule has 2 aromatic carbocycles. The van der Waals surface area contributed by atoms with Crippen LogP contribution in [-0.4, -0.2) is 63.7 Å². The van der Waals surface area contributed by atoms with Gasteiger partial charge in [0.1, 0.15) is 18.1 Å². The highest BCUT2D eigenvalue weighted by atomic mass is 32.1. The lowest BCUT2D eigenvalue weighted by atomic mass is 10.0. The zero-order chi connectivity index (χ0) is 26.9. The van der Waals surface area contributed by atoms with Gasteiger partial charge in [-0.3, -0.25) is 19.2 Å². The largest absolute Gasteiger partial charge is 0.480 e. The first-order valence-electron chi connectivity index (χ1n) is 11.8. The van der Waals surface area contributed by atoms with Gasteiger partial charge in [-0.25, -0.2) is 0 Å². The van der Waals surface area contributed by atoms with Crippen LogP contribution in [0.25, 0.3) is 10.9 Å². The van der Waals surface area contributed by atoms with Crippen molar-refractivity contribution in [1.82, 2.24) is 20.9 Å². The number of nitrogens with one attached hydrogen (secondary N) is 4. The minimum atomic E-state index is -1.21. The molecule has 0 aliphatic carbocycles. The molecule has 0 fully saturated rings. The van der Waals surface area contributed by atoms with Crippen molar-refractivity contribution >= 4 is 47.2 Å². The molecule has 0 bridgehead atoms. The molecule has 1 aromatic heterocycles. The van der Waals surface area contributed by atoms with E-state index >= 15 is 0 Å². The monoisotopic (exact) mass is 525 g/mol. The Morgan fingerprint density at radius 3 is 2.19 bits per heavy atom. The molecule has 1 heterocycles. The van der Waals surface area contributed by atoms with Gasteiger partial charge in [0.2, 0.25) is 17.7 Å². The molecule has 4 unspecified atom stereocenters. The van der Waals surface area contributed by atoms with Gasteiger partial charge in [0.15, 0.2) is 0 Å². The number of H-pyrrole nitrogens is 1. The number of fused-ring (bicyclic) bond motifs is 1. The average Bonchev–Trinajstić information content (AvgIpc) is 3.29. The summed E-state index contributed by atoms with van der Waals surface area (Å²) in [6.07, 6.45) is 2.17. The number of carboxylic acids is 1. The fraction of sp³-hybridized carbons (Fsp3) is 0.308. The number of thiol groups is 1. The molecule has 37 heavy (non-hydrogen) atoms. The summed E-state index contributed by atoms with van der Waals surface area (Å²) in [4.78, 5) is 53.0. The van der Waals surface area contributed by atoms with Gasteiger partial charge in [-0.15, -0.1) is 0 Å². The van der Waals surface area contributed by atoms with E-state index in [4.69, 9.17) is 10.8 Å². The number of para-hydroxylation sites is 1. The zero-order valence-corrected chi connectivity index (χ0v) is 21.2. The first-order chi connectivity index (χ1) is 17.7. The van der Waals surface area contributed by atoms with Crippen molar-refractivity contribution in [3.8, 4) is 0 Å². The number of benzene rings is 2. The fourth-order valence-corrected chi connectivity index (χ4v) is 4.07. The minimum Gasteiger partial charge on any atom is -0.480 e. The van der Waals surface area contributed by atoms with E-state index in [0.717, 1.165) is 22.0 Å². The second-order valence-corrected chi connectivity index (χ2v) is 9.10. The number of carboxylic acid groups (broad SMARTS) is 1. The van der Waals surface area contributed by atoms with Crippen molar-refractivity contribution in [2.45, 2.75) is 43.9 Å². The highest BCUT2D eigenvalue weighted by Crippen LogP contribution is 2.18.